The van der Waals surface area contributed by atoms with Gasteiger partial charge in [-0.2, -0.15) is 0 Å². The lowest BCUT2D eigenvalue weighted by atomic mass is 10.1. The number of hydrogen-bond acceptors (Lipinski definition) is 3. The number of aromatic nitrogens is 2. The van der Waals surface area contributed by atoms with Crippen LogP contribution in [0.25, 0.3) is 10.9 Å². The minimum absolute atomic E-state index is 0.0330. The van der Waals surface area contributed by atoms with Crippen LogP contribution in [0.15, 0.2) is 48.9 Å². The van der Waals surface area contributed by atoms with Crippen LogP contribution in [0, 0.1) is 0 Å². The summed E-state index contributed by atoms with van der Waals surface area (Å²) in [5, 5.41) is 1.59. The Balaban J connectivity index is 1.48. The van der Waals surface area contributed by atoms with Crippen molar-refractivity contribution in [1.29, 1.82) is 0 Å². The molecule has 4 rings (SSSR count). The number of aromatic amines is 1. The zero-order valence-electron chi connectivity index (χ0n) is 13.6. The van der Waals surface area contributed by atoms with Crippen LogP contribution in [0.4, 0.5) is 0 Å². The largest absolute Gasteiger partial charge is 0.487 e. The van der Waals surface area contributed by atoms with Crippen LogP contribution in [0.2, 0.25) is 5.02 Å². The molecule has 1 aromatic carbocycles. The second-order valence-corrected chi connectivity index (χ2v) is 6.63. The summed E-state index contributed by atoms with van der Waals surface area (Å²) in [6.07, 6.45) is 6.84. The van der Waals surface area contributed by atoms with E-state index in [0.717, 1.165) is 30.3 Å². The Morgan fingerprint density at radius 1 is 1.32 bits per heavy atom. The number of halogens is 1. The molecule has 1 atom stereocenters. The van der Waals surface area contributed by atoms with Crippen LogP contribution >= 0.6 is 11.6 Å². The minimum atomic E-state index is -0.0631. The number of fused-ring (bicyclic) bond motifs is 1. The van der Waals surface area contributed by atoms with E-state index in [1.165, 1.54) is 0 Å². The predicted octanol–water partition coefficient (Wildman–Crippen LogP) is 3.90. The first-order valence-corrected chi connectivity index (χ1v) is 8.71. The number of carbonyl (C=O) groups is 1. The molecule has 6 heteroatoms. The van der Waals surface area contributed by atoms with E-state index in [-0.39, 0.29) is 12.0 Å². The van der Waals surface area contributed by atoms with Gasteiger partial charge in [-0.1, -0.05) is 17.7 Å². The molecule has 0 saturated carbocycles. The van der Waals surface area contributed by atoms with Gasteiger partial charge in [0.05, 0.1) is 6.54 Å². The van der Waals surface area contributed by atoms with E-state index in [1.54, 1.807) is 18.5 Å². The highest BCUT2D eigenvalue weighted by atomic mass is 35.5. The summed E-state index contributed by atoms with van der Waals surface area (Å²) in [5.74, 6) is 0.648. The lowest BCUT2D eigenvalue weighted by molar-refractivity contribution is 0.0538. The fraction of sp³-hybridized carbons (Fsp3) is 0.263. The van der Waals surface area contributed by atoms with E-state index in [0.29, 0.717) is 22.9 Å². The molecular formula is C19H18ClN3O2. The highest BCUT2D eigenvalue weighted by Crippen LogP contribution is 2.26. The van der Waals surface area contributed by atoms with Crippen molar-refractivity contribution in [2.24, 2.45) is 0 Å². The molecule has 1 amide bonds. The van der Waals surface area contributed by atoms with E-state index in [4.69, 9.17) is 16.3 Å². The van der Waals surface area contributed by atoms with Gasteiger partial charge in [0.2, 0.25) is 0 Å². The summed E-state index contributed by atoms with van der Waals surface area (Å²) in [6.45, 7) is 1.30. The Bertz CT molecular complexity index is 908. The van der Waals surface area contributed by atoms with Crippen molar-refractivity contribution < 1.29 is 9.53 Å². The topological polar surface area (TPSA) is 58.2 Å². The van der Waals surface area contributed by atoms with Gasteiger partial charge in [0, 0.05) is 42.3 Å². The van der Waals surface area contributed by atoms with E-state index in [9.17, 15) is 4.79 Å². The summed E-state index contributed by atoms with van der Waals surface area (Å²) in [5.41, 5.74) is 1.66. The standard InChI is InChI=1S/C19H18ClN3O2/c20-16-11-21-7-6-18(16)25-15-2-1-9-23(12-15)19(24)14-4-3-13-5-8-22-17(13)10-14/h3-8,10-11,15,22H,1-2,9,12H2. The Kier molecular flexibility index (Phi) is 4.32. The molecule has 1 saturated heterocycles. The van der Waals surface area contributed by atoms with Crippen LogP contribution in [0.5, 0.6) is 5.75 Å². The summed E-state index contributed by atoms with van der Waals surface area (Å²) < 4.78 is 5.99. The molecule has 0 spiro atoms. The molecule has 25 heavy (non-hydrogen) atoms. The second kappa shape index (κ2) is 6.76. The normalized spacial score (nSPS) is 17.6. The van der Waals surface area contributed by atoms with Crippen LogP contribution < -0.4 is 4.74 Å². The maximum Gasteiger partial charge on any atom is 0.254 e. The highest BCUT2D eigenvalue weighted by Gasteiger charge is 2.26. The first kappa shape index (κ1) is 16.0. The number of amides is 1. The number of rotatable bonds is 3. The van der Waals surface area contributed by atoms with Gasteiger partial charge in [-0.25, -0.2) is 0 Å². The zero-order chi connectivity index (χ0) is 17.2. The predicted molar refractivity (Wildman–Crippen MR) is 97.1 cm³/mol. The Morgan fingerprint density at radius 2 is 2.24 bits per heavy atom. The Hall–Kier alpha value is -2.53. The van der Waals surface area contributed by atoms with Gasteiger partial charge in [-0.3, -0.25) is 9.78 Å². The van der Waals surface area contributed by atoms with Crippen LogP contribution in [0.1, 0.15) is 23.2 Å². The number of piperidine rings is 1. The summed E-state index contributed by atoms with van der Waals surface area (Å²) >= 11 is 6.11. The van der Waals surface area contributed by atoms with Gasteiger partial charge in [0.25, 0.3) is 5.91 Å². The quantitative estimate of drug-likeness (QED) is 0.775. The van der Waals surface area contributed by atoms with Crippen LogP contribution in [-0.2, 0) is 0 Å². The average Bonchev–Trinajstić information content (AvgIpc) is 3.11. The van der Waals surface area contributed by atoms with E-state index in [1.807, 2.05) is 35.4 Å². The number of ether oxygens (including phenoxy) is 1. The number of pyridine rings is 1. The van der Waals surface area contributed by atoms with Crippen molar-refractivity contribution in [3.8, 4) is 5.75 Å². The zero-order valence-corrected chi connectivity index (χ0v) is 14.4. The summed E-state index contributed by atoms with van der Waals surface area (Å²) in [6, 6.07) is 9.49. The molecule has 1 unspecified atom stereocenters. The first-order valence-electron chi connectivity index (χ1n) is 8.33. The molecule has 1 N–H and O–H groups in total. The third-order valence-electron chi connectivity index (χ3n) is 4.50. The van der Waals surface area contributed by atoms with E-state index < -0.39 is 0 Å². The number of likely N-dealkylation sites (tertiary alicyclic amines) is 1. The molecule has 2 aromatic heterocycles. The number of carbonyl (C=O) groups excluding carboxylic acids is 1. The Morgan fingerprint density at radius 3 is 3.12 bits per heavy atom. The molecule has 0 aliphatic carbocycles. The smallest absolute Gasteiger partial charge is 0.254 e. The molecule has 5 nitrogen and oxygen atoms in total. The van der Waals surface area contributed by atoms with Crippen molar-refractivity contribution in [3.05, 3.63) is 59.5 Å². The van der Waals surface area contributed by atoms with Crippen molar-refractivity contribution in [3.63, 3.8) is 0 Å². The average molecular weight is 356 g/mol. The second-order valence-electron chi connectivity index (χ2n) is 6.22. The third-order valence-corrected chi connectivity index (χ3v) is 4.78. The molecular weight excluding hydrogens is 338 g/mol. The molecule has 0 bridgehead atoms. The number of H-pyrrole nitrogens is 1. The van der Waals surface area contributed by atoms with Gasteiger partial charge >= 0.3 is 0 Å². The molecule has 1 aliphatic heterocycles. The lowest BCUT2D eigenvalue weighted by Gasteiger charge is -2.33. The van der Waals surface area contributed by atoms with E-state index in [2.05, 4.69) is 9.97 Å². The van der Waals surface area contributed by atoms with Crippen molar-refractivity contribution >= 4 is 28.4 Å². The maximum absolute atomic E-state index is 12.9. The SMILES string of the molecule is O=C(c1ccc2cc[nH]c2c1)N1CCCC(Oc2ccncc2Cl)C1. The van der Waals surface area contributed by atoms with Crippen molar-refractivity contribution in [2.75, 3.05) is 13.1 Å². The van der Waals surface area contributed by atoms with Gasteiger partial charge in [-0.05, 0) is 36.4 Å². The number of hydrogen-bond donors (Lipinski definition) is 1. The number of benzene rings is 1. The third kappa shape index (κ3) is 3.33. The van der Waals surface area contributed by atoms with Crippen molar-refractivity contribution in [2.45, 2.75) is 18.9 Å². The van der Waals surface area contributed by atoms with Crippen molar-refractivity contribution in [1.82, 2.24) is 14.9 Å². The highest BCUT2D eigenvalue weighted by molar-refractivity contribution is 6.31. The van der Waals surface area contributed by atoms with Gasteiger partial charge in [0.15, 0.2) is 0 Å². The lowest BCUT2D eigenvalue weighted by Crippen LogP contribution is -2.44. The Labute approximate surface area is 150 Å². The molecule has 3 heterocycles. The van der Waals surface area contributed by atoms with Gasteiger partial charge < -0.3 is 14.6 Å². The molecule has 1 aliphatic rings. The molecule has 3 aromatic rings. The fourth-order valence-electron chi connectivity index (χ4n) is 3.22. The van der Waals surface area contributed by atoms with Gasteiger partial charge in [-0.15, -0.1) is 0 Å². The monoisotopic (exact) mass is 355 g/mol. The number of nitrogens with one attached hydrogen (secondary N) is 1. The first-order chi connectivity index (χ1) is 12.2. The summed E-state index contributed by atoms with van der Waals surface area (Å²) in [7, 11) is 0. The number of nitrogens with zero attached hydrogens (tertiary/aromatic N) is 2. The van der Waals surface area contributed by atoms with Crippen LogP contribution in [-0.4, -0.2) is 40.0 Å². The van der Waals surface area contributed by atoms with Crippen LogP contribution in [0.3, 0.4) is 0 Å². The molecule has 1 fully saturated rings. The maximum atomic E-state index is 12.9. The van der Waals surface area contributed by atoms with E-state index >= 15 is 0 Å². The molecule has 0 radical (unpaired) electrons. The minimum Gasteiger partial charge on any atom is -0.487 e. The summed E-state index contributed by atoms with van der Waals surface area (Å²) in [4.78, 5) is 21.8. The molecule has 128 valence electrons. The fourth-order valence-corrected chi connectivity index (χ4v) is 3.38. The van der Waals surface area contributed by atoms with Gasteiger partial charge in [0.1, 0.15) is 16.9 Å².